The number of thioether (sulfide) groups is 1. The Bertz CT molecular complexity index is 455. The second-order valence-corrected chi connectivity index (χ2v) is 5.76. The number of rotatable bonds is 5. The van der Waals surface area contributed by atoms with Crippen LogP contribution in [-0.4, -0.2) is 35.4 Å². The molecule has 0 saturated carbocycles. The molecule has 19 heavy (non-hydrogen) atoms. The number of nitrogens with zero attached hydrogens (tertiary/aromatic N) is 1. The number of carbonyl (C=O) groups is 1. The van der Waals surface area contributed by atoms with E-state index in [-0.39, 0.29) is 23.9 Å². The van der Waals surface area contributed by atoms with E-state index in [1.807, 2.05) is 17.9 Å². The van der Waals surface area contributed by atoms with Gasteiger partial charge in [-0.3, -0.25) is 10.1 Å². The van der Waals surface area contributed by atoms with E-state index in [1.165, 1.54) is 12.1 Å². The van der Waals surface area contributed by atoms with Crippen LogP contribution < -0.4 is 5.32 Å². The lowest BCUT2D eigenvalue weighted by Gasteiger charge is -2.30. The Balaban J connectivity index is 2.17. The molecule has 0 aromatic heterocycles. The smallest absolute Gasteiger partial charge is 0.238 e. The molecule has 1 aromatic carbocycles. The van der Waals surface area contributed by atoms with Crippen molar-refractivity contribution in [3.8, 4) is 0 Å². The Morgan fingerprint density at radius 3 is 3.05 bits per heavy atom. The first-order chi connectivity index (χ1) is 9.13. The molecule has 1 N–H and O–H groups in total. The van der Waals surface area contributed by atoms with Gasteiger partial charge < -0.3 is 4.90 Å². The maximum atomic E-state index is 13.3. The van der Waals surface area contributed by atoms with Crippen molar-refractivity contribution >= 4 is 17.7 Å². The Morgan fingerprint density at radius 1 is 1.58 bits per heavy atom. The molecule has 2 atom stereocenters. The van der Waals surface area contributed by atoms with Gasteiger partial charge in [0.15, 0.2) is 0 Å². The van der Waals surface area contributed by atoms with Gasteiger partial charge in [-0.15, -0.1) is 0 Å². The summed E-state index contributed by atoms with van der Waals surface area (Å²) in [5, 5.41) is 3.16. The Kier molecular flexibility index (Phi) is 4.82. The molecule has 1 aliphatic rings. The topological polar surface area (TPSA) is 32.3 Å². The van der Waals surface area contributed by atoms with Crippen LogP contribution in [0, 0.1) is 5.82 Å². The maximum Gasteiger partial charge on any atom is 0.238 e. The summed E-state index contributed by atoms with van der Waals surface area (Å²) >= 11 is 1.77. The third-order valence-electron chi connectivity index (χ3n) is 3.39. The zero-order valence-electron chi connectivity index (χ0n) is 11.2. The molecule has 1 saturated heterocycles. The van der Waals surface area contributed by atoms with Crippen LogP contribution in [0.15, 0.2) is 24.3 Å². The first-order valence-electron chi connectivity index (χ1n) is 6.42. The molecule has 1 aromatic rings. The summed E-state index contributed by atoms with van der Waals surface area (Å²) < 4.78 is 13.3. The van der Waals surface area contributed by atoms with E-state index in [2.05, 4.69) is 11.6 Å². The summed E-state index contributed by atoms with van der Waals surface area (Å²) in [6.45, 7) is 2.37. The van der Waals surface area contributed by atoms with Gasteiger partial charge in [0.05, 0.1) is 6.54 Å². The van der Waals surface area contributed by atoms with Gasteiger partial charge in [0.1, 0.15) is 12.0 Å². The number of carbonyl (C=O) groups excluding carboxylic acids is 1. The van der Waals surface area contributed by atoms with Crippen LogP contribution in [0.2, 0.25) is 0 Å². The van der Waals surface area contributed by atoms with E-state index >= 15 is 0 Å². The van der Waals surface area contributed by atoms with Gasteiger partial charge in [0, 0.05) is 6.04 Å². The number of halogens is 1. The summed E-state index contributed by atoms with van der Waals surface area (Å²) in [5.74, 6) is 0.833. The molecule has 2 rings (SSSR count). The lowest BCUT2D eigenvalue weighted by atomic mass is 10.1. The first kappa shape index (κ1) is 14.3. The van der Waals surface area contributed by atoms with Gasteiger partial charge in [-0.25, -0.2) is 4.39 Å². The van der Waals surface area contributed by atoms with Gasteiger partial charge in [0.2, 0.25) is 5.91 Å². The predicted octanol–water partition coefficient (Wildman–Crippen LogP) is 2.40. The van der Waals surface area contributed by atoms with Crippen LogP contribution in [0.25, 0.3) is 0 Å². The van der Waals surface area contributed by atoms with E-state index in [0.717, 1.165) is 17.7 Å². The minimum atomic E-state index is -0.268. The van der Waals surface area contributed by atoms with Crippen LogP contribution in [0.4, 0.5) is 4.39 Å². The van der Waals surface area contributed by atoms with E-state index in [1.54, 1.807) is 17.8 Å². The highest BCUT2D eigenvalue weighted by molar-refractivity contribution is 7.98. The zero-order valence-corrected chi connectivity index (χ0v) is 12.0. The van der Waals surface area contributed by atoms with Crippen molar-refractivity contribution in [2.75, 3.05) is 18.6 Å². The fourth-order valence-corrected chi connectivity index (χ4v) is 2.98. The van der Waals surface area contributed by atoms with Crippen molar-refractivity contribution < 1.29 is 9.18 Å². The minimum Gasteiger partial charge on any atom is -0.319 e. The zero-order chi connectivity index (χ0) is 13.8. The molecule has 0 radical (unpaired) electrons. The van der Waals surface area contributed by atoms with Gasteiger partial charge >= 0.3 is 0 Å². The highest BCUT2D eigenvalue weighted by Crippen LogP contribution is 2.26. The normalized spacial score (nSPS) is 20.9. The molecule has 2 unspecified atom stereocenters. The summed E-state index contributed by atoms with van der Waals surface area (Å²) in [4.78, 5) is 13.8. The molecular formula is C14H19FN2OS. The van der Waals surface area contributed by atoms with Crippen molar-refractivity contribution in [2.24, 2.45) is 0 Å². The SMILES string of the molecule is CSCCC(C)N1C(=O)CNC1c1cccc(F)c1. The van der Waals surface area contributed by atoms with Crippen LogP contribution in [-0.2, 0) is 4.79 Å². The van der Waals surface area contributed by atoms with Gasteiger partial charge in [-0.2, -0.15) is 11.8 Å². The van der Waals surface area contributed by atoms with E-state index in [0.29, 0.717) is 6.54 Å². The monoisotopic (exact) mass is 282 g/mol. The van der Waals surface area contributed by atoms with Crippen molar-refractivity contribution in [3.05, 3.63) is 35.6 Å². The summed E-state index contributed by atoms with van der Waals surface area (Å²) in [7, 11) is 0. The average molecular weight is 282 g/mol. The Hall–Kier alpha value is -1.07. The Labute approximate surface area is 117 Å². The van der Waals surface area contributed by atoms with Crippen molar-refractivity contribution in [2.45, 2.75) is 25.6 Å². The molecule has 3 nitrogen and oxygen atoms in total. The average Bonchev–Trinajstić information content (AvgIpc) is 2.78. The van der Waals surface area contributed by atoms with Gasteiger partial charge in [0.25, 0.3) is 0 Å². The highest BCUT2D eigenvalue weighted by atomic mass is 32.2. The molecular weight excluding hydrogens is 263 g/mol. The number of nitrogens with one attached hydrogen (secondary N) is 1. The molecule has 1 fully saturated rings. The molecule has 1 amide bonds. The summed E-state index contributed by atoms with van der Waals surface area (Å²) in [5.41, 5.74) is 0.807. The first-order valence-corrected chi connectivity index (χ1v) is 7.82. The van der Waals surface area contributed by atoms with E-state index < -0.39 is 0 Å². The molecule has 1 heterocycles. The summed E-state index contributed by atoms with van der Waals surface area (Å²) in [6, 6.07) is 6.60. The van der Waals surface area contributed by atoms with Crippen LogP contribution in [0.5, 0.6) is 0 Å². The number of hydrogen-bond acceptors (Lipinski definition) is 3. The second-order valence-electron chi connectivity index (χ2n) is 4.77. The van der Waals surface area contributed by atoms with Crippen molar-refractivity contribution in [1.29, 1.82) is 0 Å². The molecule has 0 spiro atoms. The van der Waals surface area contributed by atoms with Crippen LogP contribution >= 0.6 is 11.8 Å². The third-order valence-corrected chi connectivity index (χ3v) is 4.04. The fraction of sp³-hybridized carbons (Fsp3) is 0.500. The van der Waals surface area contributed by atoms with Crippen LogP contribution in [0.1, 0.15) is 25.1 Å². The van der Waals surface area contributed by atoms with Crippen molar-refractivity contribution in [3.63, 3.8) is 0 Å². The summed E-state index contributed by atoms with van der Waals surface area (Å²) in [6.07, 6.45) is 2.79. The predicted molar refractivity (Wildman–Crippen MR) is 76.5 cm³/mol. The quantitative estimate of drug-likeness (QED) is 0.900. The largest absolute Gasteiger partial charge is 0.319 e. The molecule has 5 heteroatoms. The fourth-order valence-electron chi connectivity index (χ4n) is 2.40. The van der Waals surface area contributed by atoms with Crippen molar-refractivity contribution in [1.82, 2.24) is 10.2 Å². The minimum absolute atomic E-state index is 0.0860. The lowest BCUT2D eigenvalue weighted by Crippen LogP contribution is -2.38. The number of hydrogen-bond donors (Lipinski definition) is 1. The molecule has 0 bridgehead atoms. The number of amides is 1. The number of benzene rings is 1. The van der Waals surface area contributed by atoms with E-state index in [9.17, 15) is 9.18 Å². The molecule has 1 aliphatic heterocycles. The molecule has 0 aliphatic carbocycles. The van der Waals surface area contributed by atoms with Crippen LogP contribution in [0.3, 0.4) is 0 Å². The van der Waals surface area contributed by atoms with Gasteiger partial charge in [-0.1, -0.05) is 12.1 Å². The third kappa shape index (κ3) is 3.28. The Morgan fingerprint density at radius 2 is 2.37 bits per heavy atom. The molecule has 104 valence electrons. The lowest BCUT2D eigenvalue weighted by molar-refractivity contribution is -0.130. The maximum absolute atomic E-state index is 13.3. The van der Waals surface area contributed by atoms with Gasteiger partial charge in [-0.05, 0) is 43.0 Å². The second kappa shape index (κ2) is 6.39. The standard InChI is InChI=1S/C14H19FN2OS/c1-10(6-7-19-2)17-13(18)9-16-14(17)11-4-3-5-12(15)8-11/h3-5,8,10,14,16H,6-7,9H2,1-2H3. The highest BCUT2D eigenvalue weighted by Gasteiger charge is 2.34. The van der Waals surface area contributed by atoms with E-state index in [4.69, 9.17) is 0 Å².